The molecule has 1 atom stereocenters. The first-order chi connectivity index (χ1) is 8.08. The van der Waals surface area contributed by atoms with E-state index in [4.69, 9.17) is 21.1 Å². The third kappa shape index (κ3) is 4.13. The normalized spacial score (nSPS) is 12.5. The van der Waals surface area contributed by atoms with Crippen LogP contribution in [0.15, 0.2) is 0 Å². The van der Waals surface area contributed by atoms with Crippen molar-refractivity contribution in [2.24, 2.45) is 0 Å². The smallest absolute Gasteiger partial charge is 0.221 e. The summed E-state index contributed by atoms with van der Waals surface area (Å²) in [7, 11) is 1.64. The minimum Gasteiger partial charge on any atom is -0.472 e. The van der Waals surface area contributed by atoms with Crippen LogP contribution in [0.4, 0.5) is 0 Å². The molecule has 96 valence electrons. The average molecular weight is 259 g/mol. The number of ether oxygens (including phenoxy) is 2. The van der Waals surface area contributed by atoms with Crippen molar-refractivity contribution in [3.63, 3.8) is 0 Å². The first-order valence-electron chi connectivity index (χ1n) is 5.77. The molecule has 1 aromatic rings. The van der Waals surface area contributed by atoms with Crippen LogP contribution in [0.25, 0.3) is 0 Å². The van der Waals surface area contributed by atoms with Crippen molar-refractivity contribution < 1.29 is 9.47 Å². The molecule has 1 heterocycles. The van der Waals surface area contributed by atoms with Gasteiger partial charge >= 0.3 is 0 Å². The lowest BCUT2D eigenvalue weighted by Gasteiger charge is -2.15. The summed E-state index contributed by atoms with van der Waals surface area (Å²) in [6.07, 6.45) is 1.72. The number of aryl methyl sites for hydroxylation is 1. The summed E-state index contributed by atoms with van der Waals surface area (Å²) in [5.41, 5.74) is 0.773. The second-order valence-corrected chi connectivity index (χ2v) is 4.35. The fourth-order valence-corrected chi connectivity index (χ4v) is 1.60. The molecule has 0 aliphatic heterocycles. The fourth-order valence-electron chi connectivity index (χ4n) is 1.42. The lowest BCUT2D eigenvalue weighted by atomic mass is 10.3. The van der Waals surface area contributed by atoms with Crippen molar-refractivity contribution in [1.82, 2.24) is 9.97 Å². The standard InChI is InChI=1S/C12H19ClN2O2/c1-5-6-10-14-11(13)9(3)12(15-10)17-8(2)7-16-4/h8H,5-7H2,1-4H3. The SMILES string of the molecule is CCCc1nc(Cl)c(C)c(OC(C)COC)n1. The molecule has 1 unspecified atom stereocenters. The number of hydrogen-bond acceptors (Lipinski definition) is 4. The van der Waals surface area contributed by atoms with E-state index in [1.54, 1.807) is 7.11 Å². The Morgan fingerprint density at radius 1 is 1.35 bits per heavy atom. The van der Waals surface area contributed by atoms with Gasteiger partial charge in [-0.3, -0.25) is 0 Å². The molecule has 0 aliphatic rings. The minimum atomic E-state index is -0.0563. The Kier molecular flexibility index (Phi) is 5.65. The van der Waals surface area contributed by atoms with Crippen LogP contribution in [-0.2, 0) is 11.2 Å². The Balaban J connectivity index is 2.88. The molecule has 0 aliphatic carbocycles. The van der Waals surface area contributed by atoms with E-state index in [1.807, 2.05) is 13.8 Å². The highest BCUT2D eigenvalue weighted by Gasteiger charge is 2.13. The number of aromatic nitrogens is 2. The molecule has 17 heavy (non-hydrogen) atoms. The molecule has 0 fully saturated rings. The van der Waals surface area contributed by atoms with Crippen molar-refractivity contribution in [1.29, 1.82) is 0 Å². The molecule has 1 rings (SSSR count). The highest BCUT2D eigenvalue weighted by molar-refractivity contribution is 6.30. The summed E-state index contributed by atoms with van der Waals surface area (Å²) in [6.45, 7) is 6.38. The second kappa shape index (κ2) is 6.77. The summed E-state index contributed by atoms with van der Waals surface area (Å²) in [5.74, 6) is 1.28. The van der Waals surface area contributed by atoms with E-state index >= 15 is 0 Å². The second-order valence-electron chi connectivity index (χ2n) is 3.99. The van der Waals surface area contributed by atoms with Gasteiger partial charge in [0.1, 0.15) is 17.1 Å². The predicted octanol–water partition coefficient (Wildman–Crippen LogP) is 2.80. The third-order valence-electron chi connectivity index (χ3n) is 2.28. The van der Waals surface area contributed by atoms with Crippen LogP contribution < -0.4 is 4.74 Å². The van der Waals surface area contributed by atoms with Gasteiger partial charge in [-0.25, -0.2) is 4.98 Å². The number of rotatable bonds is 6. The monoisotopic (exact) mass is 258 g/mol. The summed E-state index contributed by atoms with van der Waals surface area (Å²) in [5, 5.41) is 0.461. The minimum absolute atomic E-state index is 0.0563. The Bertz CT molecular complexity index is 372. The molecule has 0 N–H and O–H groups in total. The van der Waals surface area contributed by atoms with Gasteiger partial charge in [-0.2, -0.15) is 4.98 Å². The van der Waals surface area contributed by atoms with Crippen LogP contribution in [-0.4, -0.2) is 29.8 Å². The zero-order chi connectivity index (χ0) is 12.8. The van der Waals surface area contributed by atoms with Gasteiger partial charge in [0.05, 0.1) is 6.61 Å². The van der Waals surface area contributed by atoms with Crippen molar-refractivity contribution >= 4 is 11.6 Å². The molecule has 0 bridgehead atoms. The molecule has 0 amide bonds. The molecule has 1 aromatic heterocycles. The lowest BCUT2D eigenvalue weighted by Crippen LogP contribution is -2.19. The quantitative estimate of drug-likeness (QED) is 0.736. The molecule has 4 nitrogen and oxygen atoms in total. The maximum atomic E-state index is 6.05. The molecular weight excluding hydrogens is 240 g/mol. The first-order valence-corrected chi connectivity index (χ1v) is 6.14. The van der Waals surface area contributed by atoms with E-state index in [0.717, 1.165) is 24.2 Å². The van der Waals surface area contributed by atoms with Crippen LogP contribution in [0, 0.1) is 6.92 Å². The maximum Gasteiger partial charge on any atom is 0.221 e. The van der Waals surface area contributed by atoms with Gasteiger partial charge in [0.15, 0.2) is 0 Å². The van der Waals surface area contributed by atoms with Crippen LogP contribution >= 0.6 is 11.6 Å². The molecule has 0 saturated carbocycles. The van der Waals surface area contributed by atoms with E-state index in [9.17, 15) is 0 Å². The lowest BCUT2D eigenvalue weighted by molar-refractivity contribution is 0.0881. The highest BCUT2D eigenvalue weighted by atomic mass is 35.5. The van der Waals surface area contributed by atoms with E-state index in [-0.39, 0.29) is 6.10 Å². The number of nitrogens with zero attached hydrogens (tertiary/aromatic N) is 2. The summed E-state index contributed by atoms with van der Waals surface area (Å²) in [4.78, 5) is 8.59. The summed E-state index contributed by atoms with van der Waals surface area (Å²) >= 11 is 6.05. The maximum absolute atomic E-state index is 6.05. The third-order valence-corrected chi connectivity index (χ3v) is 2.64. The van der Waals surface area contributed by atoms with Gasteiger partial charge in [0, 0.05) is 19.1 Å². The fraction of sp³-hybridized carbons (Fsp3) is 0.667. The molecule has 0 aromatic carbocycles. The van der Waals surface area contributed by atoms with Gasteiger partial charge in [0.2, 0.25) is 5.88 Å². The van der Waals surface area contributed by atoms with E-state index < -0.39 is 0 Å². The number of methoxy groups -OCH3 is 1. The predicted molar refractivity (Wildman–Crippen MR) is 67.7 cm³/mol. The van der Waals surface area contributed by atoms with Crippen molar-refractivity contribution in [3.05, 3.63) is 16.5 Å². The van der Waals surface area contributed by atoms with Crippen molar-refractivity contribution in [3.8, 4) is 5.88 Å². The zero-order valence-electron chi connectivity index (χ0n) is 10.8. The highest BCUT2D eigenvalue weighted by Crippen LogP contribution is 2.23. The Labute approximate surface area is 107 Å². The molecule has 0 spiro atoms. The van der Waals surface area contributed by atoms with Crippen LogP contribution in [0.3, 0.4) is 0 Å². The largest absolute Gasteiger partial charge is 0.472 e. The number of halogens is 1. The summed E-state index contributed by atoms with van der Waals surface area (Å²) in [6, 6.07) is 0. The van der Waals surface area contributed by atoms with Crippen LogP contribution in [0.2, 0.25) is 5.15 Å². The van der Waals surface area contributed by atoms with E-state index in [2.05, 4.69) is 16.9 Å². The average Bonchev–Trinajstić information content (AvgIpc) is 2.26. The first kappa shape index (κ1) is 14.2. The zero-order valence-corrected chi connectivity index (χ0v) is 11.5. The summed E-state index contributed by atoms with van der Waals surface area (Å²) < 4.78 is 10.7. The topological polar surface area (TPSA) is 44.2 Å². The Morgan fingerprint density at radius 3 is 2.65 bits per heavy atom. The molecular formula is C12H19ClN2O2. The van der Waals surface area contributed by atoms with Crippen molar-refractivity contribution in [2.45, 2.75) is 39.7 Å². The van der Waals surface area contributed by atoms with Gasteiger partial charge < -0.3 is 9.47 Å². The van der Waals surface area contributed by atoms with E-state index in [0.29, 0.717) is 17.6 Å². The number of hydrogen-bond donors (Lipinski definition) is 0. The Morgan fingerprint density at radius 2 is 2.06 bits per heavy atom. The molecule has 0 saturated heterocycles. The van der Waals surface area contributed by atoms with Crippen LogP contribution in [0.5, 0.6) is 5.88 Å². The van der Waals surface area contributed by atoms with Gasteiger partial charge in [-0.15, -0.1) is 0 Å². The van der Waals surface area contributed by atoms with Crippen molar-refractivity contribution in [2.75, 3.05) is 13.7 Å². The van der Waals surface area contributed by atoms with Crippen LogP contribution in [0.1, 0.15) is 31.7 Å². The van der Waals surface area contributed by atoms with E-state index in [1.165, 1.54) is 0 Å². The molecule has 5 heteroatoms. The van der Waals surface area contributed by atoms with Gasteiger partial charge in [-0.1, -0.05) is 18.5 Å². The van der Waals surface area contributed by atoms with Gasteiger partial charge in [-0.05, 0) is 20.3 Å². The van der Waals surface area contributed by atoms with Gasteiger partial charge in [0.25, 0.3) is 0 Å². The molecule has 0 radical (unpaired) electrons. The Hall–Kier alpha value is -0.870.